The van der Waals surface area contributed by atoms with Crippen molar-refractivity contribution < 1.29 is 9.90 Å². The van der Waals surface area contributed by atoms with Crippen LogP contribution in [0.15, 0.2) is 24.3 Å². The molecule has 0 unspecified atom stereocenters. The summed E-state index contributed by atoms with van der Waals surface area (Å²) in [5.41, 5.74) is 2.15. The number of fused-ring (bicyclic) bond motifs is 1. The number of aliphatic hydroxyl groups excluding tert-OH is 1. The van der Waals surface area contributed by atoms with Crippen LogP contribution in [0.5, 0.6) is 0 Å². The molecule has 0 fully saturated rings. The fourth-order valence-corrected chi connectivity index (χ4v) is 2.21. The molecule has 17 heavy (non-hydrogen) atoms. The molecule has 0 spiro atoms. The summed E-state index contributed by atoms with van der Waals surface area (Å²) in [6.07, 6.45) is 0.0977. The molecule has 1 amide bonds. The van der Waals surface area contributed by atoms with Gasteiger partial charge >= 0.3 is 0 Å². The van der Waals surface area contributed by atoms with Crippen LogP contribution in [0.1, 0.15) is 24.1 Å². The second-order valence-corrected chi connectivity index (χ2v) is 4.30. The SMILES string of the molecule is CCNCC(=O)N[C@@H]1c2ccccc2C[C@@H]1O. The van der Waals surface area contributed by atoms with Crippen molar-refractivity contribution in [2.24, 2.45) is 0 Å². The van der Waals surface area contributed by atoms with E-state index in [-0.39, 0.29) is 11.9 Å². The zero-order chi connectivity index (χ0) is 12.3. The molecule has 2 rings (SSSR count). The van der Waals surface area contributed by atoms with E-state index in [9.17, 15) is 9.90 Å². The fourth-order valence-electron chi connectivity index (χ4n) is 2.21. The predicted molar refractivity (Wildman–Crippen MR) is 65.6 cm³/mol. The first kappa shape index (κ1) is 12.1. The standard InChI is InChI=1S/C13H18N2O2/c1-2-14-8-12(17)15-13-10-6-4-3-5-9(10)7-11(13)16/h3-6,11,13-14,16H,2,7-8H2,1H3,(H,15,17)/t11-,13+/m0/s1. The number of carbonyl (C=O) groups is 1. The molecule has 0 aromatic heterocycles. The van der Waals surface area contributed by atoms with Crippen LogP contribution in [-0.2, 0) is 11.2 Å². The monoisotopic (exact) mass is 234 g/mol. The molecule has 0 aliphatic heterocycles. The molecule has 1 aromatic rings. The lowest BCUT2D eigenvalue weighted by molar-refractivity contribution is -0.121. The topological polar surface area (TPSA) is 61.4 Å². The highest BCUT2D eigenvalue weighted by Gasteiger charge is 2.31. The van der Waals surface area contributed by atoms with Gasteiger partial charge in [0.1, 0.15) is 0 Å². The van der Waals surface area contributed by atoms with Crippen molar-refractivity contribution in [2.45, 2.75) is 25.5 Å². The number of likely N-dealkylation sites (N-methyl/N-ethyl adjacent to an activating group) is 1. The number of nitrogens with one attached hydrogen (secondary N) is 2. The van der Waals surface area contributed by atoms with E-state index in [0.29, 0.717) is 13.0 Å². The summed E-state index contributed by atoms with van der Waals surface area (Å²) in [5, 5.41) is 15.8. The van der Waals surface area contributed by atoms with E-state index in [4.69, 9.17) is 0 Å². The lowest BCUT2D eigenvalue weighted by atomic mass is 10.1. The van der Waals surface area contributed by atoms with Gasteiger partial charge in [-0.25, -0.2) is 0 Å². The summed E-state index contributed by atoms with van der Waals surface area (Å²) in [5.74, 6) is -0.0763. The average molecular weight is 234 g/mol. The third-order valence-electron chi connectivity index (χ3n) is 3.06. The smallest absolute Gasteiger partial charge is 0.234 e. The van der Waals surface area contributed by atoms with Crippen molar-refractivity contribution >= 4 is 5.91 Å². The van der Waals surface area contributed by atoms with Gasteiger partial charge in [0.15, 0.2) is 0 Å². The van der Waals surface area contributed by atoms with Gasteiger partial charge in [-0.3, -0.25) is 4.79 Å². The molecule has 92 valence electrons. The first-order valence-electron chi connectivity index (χ1n) is 5.98. The lowest BCUT2D eigenvalue weighted by Gasteiger charge is -2.18. The molecule has 1 aliphatic rings. The van der Waals surface area contributed by atoms with Gasteiger partial charge in [0.05, 0.1) is 18.7 Å². The lowest BCUT2D eigenvalue weighted by Crippen LogP contribution is -2.39. The largest absolute Gasteiger partial charge is 0.390 e. The molecule has 3 N–H and O–H groups in total. The molecule has 4 heteroatoms. The van der Waals surface area contributed by atoms with E-state index in [0.717, 1.165) is 17.7 Å². The Bertz CT molecular complexity index is 406. The first-order chi connectivity index (χ1) is 8.22. The second-order valence-electron chi connectivity index (χ2n) is 4.30. The van der Waals surface area contributed by atoms with Gasteiger partial charge in [-0.2, -0.15) is 0 Å². The average Bonchev–Trinajstić information content (AvgIpc) is 2.64. The van der Waals surface area contributed by atoms with Gasteiger partial charge in [-0.15, -0.1) is 0 Å². The maximum absolute atomic E-state index is 11.6. The van der Waals surface area contributed by atoms with Crippen LogP contribution in [0, 0.1) is 0 Å². The Kier molecular flexibility index (Phi) is 3.76. The quantitative estimate of drug-likeness (QED) is 0.705. The van der Waals surface area contributed by atoms with Gasteiger partial charge in [0, 0.05) is 6.42 Å². The number of rotatable bonds is 4. The summed E-state index contributed by atoms with van der Waals surface area (Å²) in [4.78, 5) is 11.6. The van der Waals surface area contributed by atoms with Crippen LogP contribution in [0.3, 0.4) is 0 Å². The van der Waals surface area contributed by atoms with E-state index in [1.54, 1.807) is 0 Å². The van der Waals surface area contributed by atoms with Crippen molar-refractivity contribution in [3.63, 3.8) is 0 Å². The van der Waals surface area contributed by atoms with Crippen LogP contribution in [0.4, 0.5) is 0 Å². The van der Waals surface area contributed by atoms with Crippen LogP contribution in [-0.4, -0.2) is 30.2 Å². The van der Waals surface area contributed by atoms with Crippen LogP contribution in [0.25, 0.3) is 0 Å². The van der Waals surface area contributed by atoms with Crippen molar-refractivity contribution in [3.05, 3.63) is 35.4 Å². The van der Waals surface area contributed by atoms with E-state index < -0.39 is 6.10 Å². The highest BCUT2D eigenvalue weighted by atomic mass is 16.3. The van der Waals surface area contributed by atoms with Crippen molar-refractivity contribution in [3.8, 4) is 0 Å². The van der Waals surface area contributed by atoms with Crippen LogP contribution < -0.4 is 10.6 Å². The summed E-state index contributed by atoms with van der Waals surface area (Å²) in [6, 6.07) is 7.57. The molecule has 0 saturated heterocycles. The van der Waals surface area contributed by atoms with Crippen molar-refractivity contribution in [1.29, 1.82) is 0 Å². The molecule has 1 aromatic carbocycles. The maximum atomic E-state index is 11.6. The summed E-state index contributed by atoms with van der Waals surface area (Å²) in [7, 11) is 0. The Morgan fingerprint density at radius 2 is 2.24 bits per heavy atom. The third-order valence-corrected chi connectivity index (χ3v) is 3.06. The minimum atomic E-state index is -0.516. The molecule has 4 nitrogen and oxygen atoms in total. The molecular formula is C13H18N2O2. The van der Waals surface area contributed by atoms with Gasteiger partial charge in [-0.05, 0) is 17.7 Å². The predicted octanol–water partition coefficient (Wildman–Crippen LogP) is 0.370. The number of amides is 1. The Balaban J connectivity index is 2.04. The highest BCUT2D eigenvalue weighted by molar-refractivity contribution is 5.78. The highest BCUT2D eigenvalue weighted by Crippen LogP contribution is 2.30. The van der Waals surface area contributed by atoms with Crippen LogP contribution >= 0.6 is 0 Å². The Labute approximate surface area is 101 Å². The number of hydrogen-bond donors (Lipinski definition) is 3. The van der Waals surface area contributed by atoms with Gasteiger partial charge < -0.3 is 15.7 Å². The fraction of sp³-hybridized carbons (Fsp3) is 0.462. The van der Waals surface area contributed by atoms with Crippen molar-refractivity contribution in [2.75, 3.05) is 13.1 Å². The third kappa shape index (κ3) is 2.65. The van der Waals surface area contributed by atoms with E-state index in [2.05, 4.69) is 10.6 Å². The van der Waals surface area contributed by atoms with Crippen molar-refractivity contribution in [1.82, 2.24) is 10.6 Å². The summed E-state index contributed by atoms with van der Waals surface area (Å²) in [6.45, 7) is 3.01. The molecule has 0 radical (unpaired) electrons. The zero-order valence-corrected chi connectivity index (χ0v) is 9.94. The molecule has 0 bridgehead atoms. The Morgan fingerprint density at radius 3 is 3.00 bits per heavy atom. The Hall–Kier alpha value is -1.39. The number of aliphatic hydroxyl groups is 1. The van der Waals surface area contributed by atoms with E-state index in [1.807, 2.05) is 31.2 Å². The maximum Gasteiger partial charge on any atom is 0.234 e. The minimum absolute atomic E-state index is 0.0763. The molecule has 2 atom stereocenters. The molecule has 0 saturated carbocycles. The van der Waals surface area contributed by atoms with Gasteiger partial charge in [0.2, 0.25) is 5.91 Å². The van der Waals surface area contributed by atoms with Gasteiger partial charge in [0.25, 0.3) is 0 Å². The molecular weight excluding hydrogens is 216 g/mol. The van der Waals surface area contributed by atoms with E-state index in [1.165, 1.54) is 0 Å². The Morgan fingerprint density at radius 1 is 1.47 bits per heavy atom. The summed E-state index contributed by atoms with van der Waals surface area (Å²) >= 11 is 0. The summed E-state index contributed by atoms with van der Waals surface area (Å²) < 4.78 is 0. The normalized spacial score (nSPS) is 22.2. The molecule has 1 aliphatic carbocycles. The number of carbonyl (C=O) groups excluding carboxylic acids is 1. The van der Waals surface area contributed by atoms with Crippen LogP contribution in [0.2, 0.25) is 0 Å². The molecule has 0 heterocycles. The minimum Gasteiger partial charge on any atom is -0.390 e. The number of benzene rings is 1. The number of hydrogen-bond acceptors (Lipinski definition) is 3. The second kappa shape index (κ2) is 5.29. The zero-order valence-electron chi connectivity index (χ0n) is 9.94. The first-order valence-corrected chi connectivity index (χ1v) is 5.98. The van der Waals surface area contributed by atoms with Gasteiger partial charge in [-0.1, -0.05) is 31.2 Å². The van der Waals surface area contributed by atoms with E-state index >= 15 is 0 Å².